The van der Waals surface area contributed by atoms with Crippen LogP contribution >= 0.6 is 0 Å². The first-order valence-corrected chi connectivity index (χ1v) is 4.19. The number of hydrogen-bond donors (Lipinski definition) is 2. The van der Waals surface area contributed by atoms with Crippen LogP contribution in [-0.2, 0) is 0 Å². The second kappa shape index (κ2) is 3.59. The summed E-state index contributed by atoms with van der Waals surface area (Å²) < 4.78 is 0. The molecule has 1 aromatic rings. The first-order chi connectivity index (χ1) is 5.63. The number of phenolic OH excluding ortho intramolecular Hbond substituents is 1. The normalized spacial score (nSPS) is 12.9. The van der Waals surface area contributed by atoms with Crippen molar-refractivity contribution in [2.45, 2.75) is 26.3 Å². The van der Waals surface area contributed by atoms with Crippen LogP contribution in [0.15, 0.2) is 18.2 Å². The number of aryl methyl sites for hydroxylation is 1. The third-order valence-electron chi connectivity index (χ3n) is 1.95. The van der Waals surface area contributed by atoms with Gasteiger partial charge in [0.25, 0.3) is 0 Å². The van der Waals surface area contributed by atoms with Crippen LogP contribution in [0.25, 0.3) is 0 Å². The second-order valence-electron chi connectivity index (χ2n) is 3.12. The zero-order chi connectivity index (χ0) is 9.14. The molecular formula is C10H15NO. The molecule has 12 heavy (non-hydrogen) atoms. The van der Waals surface area contributed by atoms with Crippen LogP contribution in [0.1, 0.15) is 30.5 Å². The Labute approximate surface area is 73.0 Å². The predicted octanol–water partition coefficient (Wildman–Crippen LogP) is 2.11. The Morgan fingerprint density at radius 3 is 2.58 bits per heavy atom. The van der Waals surface area contributed by atoms with Crippen LogP contribution < -0.4 is 5.73 Å². The Balaban J connectivity index is 3.00. The van der Waals surface area contributed by atoms with Crippen LogP contribution in [0.4, 0.5) is 0 Å². The lowest BCUT2D eigenvalue weighted by Gasteiger charge is -2.10. The van der Waals surface area contributed by atoms with Gasteiger partial charge in [-0.25, -0.2) is 0 Å². The molecular weight excluding hydrogens is 150 g/mol. The maximum Gasteiger partial charge on any atom is 0.116 e. The average Bonchev–Trinajstić information content (AvgIpc) is 2.01. The van der Waals surface area contributed by atoms with E-state index in [1.807, 2.05) is 19.9 Å². The van der Waals surface area contributed by atoms with Gasteiger partial charge in [0.2, 0.25) is 0 Å². The fraction of sp³-hybridized carbons (Fsp3) is 0.400. The summed E-state index contributed by atoms with van der Waals surface area (Å²) in [6, 6.07) is 5.50. The van der Waals surface area contributed by atoms with Gasteiger partial charge in [0.05, 0.1) is 0 Å². The molecule has 0 aromatic heterocycles. The first kappa shape index (κ1) is 9.07. The number of rotatable bonds is 2. The van der Waals surface area contributed by atoms with E-state index in [1.165, 1.54) is 0 Å². The molecule has 1 aromatic carbocycles. The fourth-order valence-corrected chi connectivity index (χ4v) is 1.24. The molecule has 2 nitrogen and oxygen atoms in total. The molecule has 0 fully saturated rings. The van der Waals surface area contributed by atoms with Crippen molar-refractivity contribution in [1.82, 2.24) is 0 Å². The zero-order valence-corrected chi connectivity index (χ0v) is 7.54. The third-order valence-corrected chi connectivity index (χ3v) is 1.95. The van der Waals surface area contributed by atoms with Gasteiger partial charge in [0, 0.05) is 6.04 Å². The Hall–Kier alpha value is -1.02. The molecule has 1 unspecified atom stereocenters. The van der Waals surface area contributed by atoms with E-state index in [-0.39, 0.29) is 6.04 Å². The molecule has 0 aliphatic heterocycles. The molecule has 2 heteroatoms. The van der Waals surface area contributed by atoms with Gasteiger partial charge in [-0.1, -0.05) is 13.0 Å². The van der Waals surface area contributed by atoms with E-state index in [2.05, 4.69) is 0 Å². The summed E-state index contributed by atoms with van der Waals surface area (Å²) >= 11 is 0. The van der Waals surface area contributed by atoms with Crippen molar-refractivity contribution in [2.24, 2.45) is 5.73 Å². The minimum absolute atomic E-state index is 0.0378. The van der Waals surface area contributed by atoms with Gasteiger partial charge in [-0.2, -0.15) is 0 Å². The fourth-order valence-electron chi connectivity index (χ4n) is 1.24. The van der Waals surface area contributed by atoms with Crippen molar-refractivity contribution in [1.29, 1.82) is 0 Å². The number of nitrogens with two attached hydrogens (primary N) is 1. The van der Waals surface area contributed by atoms with Gasteiger partial charge < -0.3 is 10.8 Å². The van der Waals surface area contributed by atoms with Crippen molar-refractivity contribution < 1.29 is 5.11 Å². The number of hydrogen-bond acceptors (Lipinski definition) is 2. The number of benzene rings is 1. The monoisotopic (exact) mass is 165 g/mol. The Morgan fingerprint density at radius 1 is 1.42 bits per heavy atom. The Bertz CT molecular complexity index is 250. The van der Waals surface area contributed by atoms with Crippen LogP contribution in [0.3, 0.4) is 0 Å². The molecule has 0 heterocycles. The van der Waals surface area contributed by atoms with Crippen molar-refractivity contribution in [2.75, 3.05) is 0 Å². The lowest BCUT2D eigenvalue weighted by Crippen LogP contribution is -2.08. The van der Waals surface area contributed by atoms with E-state index < -0.39 is 0 Å². The molecule has 0 amide bonds. The van der Waals surface area contributed by atoms with E-state index in [0.717, 1.165) is 17.5 Å². The van der Waals surface area contributed by atoms with Crippen LogP contribution in [0.5, 0.6) is 5.75 Å². The quantitative estimate of drug-likeness (QED) is 0.705. The molecule has 0 spiro atoms. The van der Waals surface area contributed by atoms with Crippen molar-refractivity contribution in [3.05, 3.63) is 29.3 Å². The standard InChI is InChI=1S/C10H15NO/c1-3-10(11)8-4-7(2)5-9(12)6-8/h4-6,10,12H,3,11H2,1-2H3. The predicted molar refractivity (Wildman–Crippen MR) is 50.1 cm³/mol. The van der Waals surface area contributed by atoms with E-state index in [1.54, 1.807) is 12.1 Å². The highest BCUT2D eigenvalue weighted by Crippen LogP contribution is 2.20. The largest absolute Gasteiger partial charge is 0.508 e. The maximum atomic E-state index is 9.28. The van der Waals surface area contributed by atoms with Crippen molar-refractivity contribution in [3.63, 3.8) is 0 Å². The molecule has 0 radical (unpaired) electrons. The third kappa shape index (κ3) is 1.98. The number of aromatic hydroxyl groups is 1. The first-order valence-electron chi connectivity index (χ1n) is 4.19. The van der Waals surface area contributed by atoms with Gasteiger partial charge in [0.15, 0.2) is 0 Å². The van der Waals surface area contributed by atoms with Crippen molar-refractivity contribution in [3.8, 4) is 5.75 Å². The summed E-state index contributed by atoms with van der Waals surface area (Å²) in [6.45, 7) is 3.98. The topological polar surface area (TPSA) is 46.2 Å². The lowest BCUT2D eigenvalue weighted by molar-refractivity contribution is 0.473. The highest BCUT2D eigenvalue weighted by molar-refractivity contribution is 5.34. The highest BCUT2D eigenvalue weighted by atomic mass is 16.3. The second-order valence-corrected chi connectivity index (χ2v) is 3.12. The van der Waals surface area contributed by atoms with Gasteiger partial charge >= 0.3 is 0 Å². The lowest BCUT2D eigenvalue weighted by atomic mass is 10.0. The average molecular weight is 165 g/mol. The van der Waals surface area contributed by atoms with Crippen LogP contribution in [0.2, 0.25) is 0 Å². The Kier molecular flexibility index (Phi) is 2.71. The zero-order valence-electron chi connectivity index (χ0n) is 7.54. The molecule has 0 bridgehead atoms. The SMILES string of the molecule is CCC(N)c1cc(C)cc(O)c1. The highest BCUT2D eigenvalue weighted by Gasteiger charge is 2.04. The summed E-state index contributed by atoms with van der Waals surface area (Å²) in [6.07, 6.45) is 0.892. The molecule has 1 rings (SSSR count). The summed E-state index contributed by atoms with van der Waals surface area (Å²) in [5, 5.41) is 9.28. The summed E-state index contributed by atoms with van der Waals surface area (Å²) in [4.78, 5) is 0. The van der Waals surface area contributed by atoms with Gasteiger partial charge in [-0.05, 0) is 36.6 Å². The molecule has 0 saturated heterocycles. The summed E-state index contributed by atoms with van der Waals surface area (Å²) in [7, 11) is 0. The number of phenols is 1. The Morgan fingerprint density at radius 2 is 2.08 bits per heavy atom. The van der Waals surface area contributed by atoms with Crippen LogP contribution in [0, 0.1) is 6.92 Å². The molecule has 0 aliphatic carbocycles. The summed E-state index contributed by atoms with van der Waals surface area (Å²) in [5.41, 5.74) is 7.88. The molecule has 1 atom stereocenters. The van der Waals surface area contributed by atoms with Gasteiger partial charge in [-0.3, -0.25) is 0 Å². The van der Waals surface area contributed by atoms with E-state index in [4.69, 9.17) is 5.73 Å². The smallest absolute Gasteiger partial charge is 0.116 e. The van der Waals surface area contributed by atoms with Crippen molar-refractivity contribution >= 4 is 0 Å². The van der Waals surface area contributed by atoms with E-state index in [0.29, 0.717) is 5.75 Å². The maximum absolute atomic E-state index is 9.28. The van der Waals surface area contributed by atoms with Gasteiger partial charge in [-0.15, -0.1) is 0 Å². The molecule has 3 N–H and O–H groups in total. The van der Waals surface area contributed by atoms with E-state index in [9.17, 15) is 5.11 Å². The minimum Gasteiger partial charge on any atom is -0.508 e. The molecule has 0 saturated carbocycles. The van der Waals surface area contributed by atoms with E-state index >= 15 is 0 Å². The molecule has 0 aliphatic rings. The van der Waals surface area contributed by atoms with Gasteiger partial charge in [0.1, 0.15) is 5.75 Å². The minimum atomic E-state index is 0.0378. The summed E-state index contributed by atoms with van der Waals surface area (Å²) in [5.74, 6) is 0.300. The van der Waals surface area contributed by atoms with Crippen LogP contribution in [-0.4, -0.2) is 5.11 Å². The molecule has 66 valence electrons.